The van der Waals surface area contributed by atoms with Gasteiger partial charge >= 0.3 is 0 Å². The lowest BCUT2D eigenvalue weighted by molar-refractivity contribution is 0.414. The molecule has 1 unspecified atom stereocenters. The maximum atomic E-state index is 3.45. The summed E-state index contributed by atoms with van der Waals surface area (Å²) in [5.74, 6) is 0. The van der Waals surface area contributed by atoms with Crippen LogP contribution >= 0.6 is 24.8 Å². The van der Waals surface area contributed by atoms with Crippen molar-refractivity contribution in [1.29, 1.82) is 0 Å². The Morgan fingerprint density at radius 2 is 1.78 bits per heavy atom. The Hall–Kier alpha value is -0.440. The van der Waals surface area contributed by atoms with Crippen molar-refractivity contribution >= 4 is 30.5 Å². The molecular formula is C14H22Cl2N2. The molecule has 0 aromatic heterocycles. The largest absolute Gasteiger partial charge is 0.365 e. The summed E-state index contributed by atoms with van der Waals surface area (Å²) >= 11 is 0. The van der Waals surface area contributed by atoms with Gasteiger partial charge in [-0.3, -0.25) is 0 Å². The number of hydrogen-bond donors (Lipinski definition) is 1. The van der Waals surface area contributed by atoms with Crippen LogP contribution in [0.2, 0.25) is 0 Å². The number of para-hydroxylation sites is 1. The summed E-state index contributed by atoms with van der Waals surface area (Å²) in [6.45, 7) is 4.72. The smallest absolute Gasteiger partial charge is 0.0404 e. The third-order valence-corrected chi connectivity index (χ3v) is 3.96. The van der Waals surface area contributed by atoms with Crippen molar-refractivity contribution in [3.63, 3.8) is 0 Å². The number of rotatable bonds is 1. The first-order valence-electron chi connectivity index (χ1n) is 6.43. The summed E-state index contributed by atoms with van der Waals surface area (Å²) in [6, 6.07) is 10.3. The van der Waals surface area contributed by atoms with E-state index in [-0.39, 0.29) is 24.8 Å². The van der Waals surface area contributed by atoms with Crippen LogP contribution in [0.5, 0.6) is 0 Å². The minimum atomic E-state index is 0. The Labute approximate surface area is 122 Å². The zero-order chi connectivity index (χ0) is 11.0. The highest BCUT2D eigenvalue weighted by Gasteiger charge is 2.31. The Bertz CT molecular complexity index is 378. The van der Waals surface area contributed by atoms with Crippen LogP contribution in [0.3, 0.4) is 0 Å². The first-order valence-corrected chi connectivity index (χ1v) is 6.43. The van der Waals surface area contributed by atoms with Gasteiger partial charge in [-0.05, 0) is 50.9 Å². The minimum absolute atomic E-state index is 0. The summed E-state index contributed by atoms with van der Waals surface area (Å²) in [6.07, 6.45) is 3.80. The van der Waals surface area contributed by atoms with E-state index in [1.165, 1.54) is 43.6 Å². The van der Waals surface area contributed by atoms with Gasteiger partial charge in [0.1, 0.15) is 0 Å². The molecule has 0 bridgehead atoms. The molecule has 0 saturated carbocycles. The normalized spacial score (nSPS) is 22.9. The number of hydrogen-bond acceptors (Lipinski definition) is 2. The lowest BCUT2D eigenvalue weighted by atomic mass is 10.0. The van der Waals surface area contributed by atoms with Gasteiger partial charge in [-0.1, -0.05) is 18.2 Å². The zero-order valence-electron chi connectivity index (χ0n) is 10.8. The Morgan fingerprint density at radius 3 is 2.50 bits per heavy atom. The SMILES string of the molecule is CC1Cc2ccccc2N1C1CCNCC1.Cl.Cl. The van der Waals surface area contributed by atoms with Gasteiger partial charge in [0.15, 0.2) is 0 Å². The summed E-state index contributed by atoms with van der Waals surface area (Å²) in [4.78, 5) is 2.66. The lowest BCUT2D eigenvalue weighted by Crippen LogP contribution is -2.45. The summed E-state index contributed by atoms with van der Waals surface area (Å²) in [7, 11) is 0. The highest BCUT2D eigenvalue weighted by Crippen LogP contribution is 2.35. The first-order chi connectivity index (χ1) is 7.86. The van der Waals surface area contributed by atoms with Crippen LogP contribution in [-0.2, 0) is 6.42 Å². The summed E-state index contributed by atoms with van der Waals surface area (Å²) in [5, 5.41) is 3.45. The average molecular weight is 289 g/mol. The molecule has 2 heterocycles. The molecule has 1 saturated heterocycles. The highest BCUT2D eigenvalue weighted by molar-refractivity contribution is 5.85. The number of nitrogens with one attached hydrogen (secondary N) is 1. The third kappa shape index (κ3) is 2.76. The Morgan fingerprint density at radius 1 is 1.11 bits per heavy atom. The van der Waals surface area contributed by atoms with Gasteiger partial charge in [0.05, 0.1) is 0 Å². The van der Waals surface area contributed by atoms with E-state index in [0.717, 1.165) is 6.04 Å². The maximum absolute atomic E-state index is 3.45. The van der Waals surface area contributed by atoms with Crippen molar-refractivity contribution in [1.82, 2.24) is 5.32 Å². The molecule has 2 aliphatic rings. The molecule has 1 aromatic rings. The van der Waals surface area contributed by atoms with E-state index in [2.05, 4.69) is 41.4 Å². The van der Waals surface area contributed by atoms with E-state index < -0.39 is 0 Å². The highest BCUT2D eigenvalue weighted by atomic mass is 35.5. The quantitative estimate of drug-likeness (QED) is 0.855. The van der Waals surface area contributed by atoms with Crippen LogP contribution in [-0.4, -0.2) is 25.2 Å². The molecular weight excluding hydrogens is 267 g/mol. The third-order valence-electron chi connectivity index (χ3n) is 3.96. The molecule has 0 radical (unpaired) electrons. The van der Waals surface area contributed by atoms with Crippen LogP contribution in [0.15, 0.2) is 24.3 Å². The first kappa shape index (κ1) is 15.6. The molecule has 4 heteroatoms. The second-order valence-corrected chi connectivity index (χ2v) is 5.07. The van der Waals surface area contributed by atoms with E-state index >= 15 is 0 Å². The number of benzene rings is 1. The maximum Gasteiger partial charge on any atom is 0.0404 e. The molecule has 1 atom stereocenters. The Balaban J connectivity index is 0.000000810. The number of fused-ring (bicyclic) bond motifs is 1. The van der Waals surface area contributed by atoms with Gasteiger partial charge < -0.3 is 10.2 Å². The average Bonchev–Trinajstić information content (AvgIpc) is 2.66. The summed E-state index contributed by atoms with van der Waals surface area (Å²) in [5.41, 5.74) is 3.02. The van der Waals surface area contributed by atoms with Gasteiger partial charge in [0.25, 0.3) is 0 Å². The van der Waals surface area contributed by atoms with E-state index in [4.69, 9.17) is 0 Å². The standard InChI is InChI=1S/C14H20N2.2ClH/c1-11-10-12-4-2-3-5-14(12)16(11)13-6-8-15-9-7-13;;/h2-5,11,13,15H,6-10H2,1H3;2*1H. The van der Waals surface area contributed by atoms with Gasteiger partial charge in [0.2, 0.25) is 0 Å². The van der Waals surface area contributed by atoms with Crippen molar-refractivity contribution < 1.29 is 0 Å². The molecule has 2 aliphatic heterocycles. The fourth-order valence-corrected chi connectivity index (χ4v) is 3.23. The van der Waals surface area contributed by atoms with Crippen molar-refractivity contribution in [3.8, 4) is 0 Å². The predicted octanol–water partition coefficient (Wildman–Crippen LogP) is 3.03. The lowest BCUT2D eigenvalue weighted by Gasteiger charge is -2.37. The fourth-order valence-electron chi connectivity index (χ4n) is 3.23. The fraction of sp³-hybridized carbons (Fsp3) is 0.571. The van der Waals surface area contributed by atoms with E-state index in [0.29, 0.717) is 6.04 Å². The molecule has 0 spiro atoms. The van der Waals surface area contributed by atoms with E-state index in [9.17, 15) is 0 Å². The van der Waals surface area contributed by atoms with Crippen molar-refractivity contribution in [2.45, 2.75) is 38.3 Å². The molecule has 1 N–H and O–H groups in total. The van der Waals surface area contributed by atoms with Gasteiger partial charge in [-0.25, -0.2) is 0 Å². The topological polar surface area (TPSA) is 15.3 Å². The van der Waals surface area contributed by atoms with Crippen LogP contribution in [0.1, 0.15) is 25.3 Å². The number of piperidine rings is 1. The molecule has 1 aromatic carbocycles. The van der Waals surface area contributed by atoms with Gasteiger partial charge in [-0.2, -0.15) is 0 Å². The minimum Gasteiger partial charge on any atom is -0.365 e. The van der Waals surface area contributed by atoms with Crippen molar-refractivity contribution in [3.05, 3.63) is 29.8 Å². The number of nitrogens with zero attached hydrogens (tertiary/aromatic N) is 1. The van der Waals surface area contributed by atoms with E-state index in [1.807, 2.05) is 0 Å². The molecule has 3 rings (SSSR count). The van der Waals surface area contributed by atoms with Gasteiger partial charge in [0, 0.05) is 17.8 Å². The molecule has 2 nitrogen and oxygen atoms in total. The van der Waals surface area contributed by atoms with Crippen molar-refractivity contribution in [2.24, 2.45) is 0 Å². The summed E-state index contributed by atoms with van der Waals surface area (Å²) < 4.78 is 0. The van der Waals surface area contributed by atoms with Crippen LogP contribution < -0.4 is 10.2 Å². The molecule has 1 fully saturated rings. The van der Waals surface area contributed by atoms with E-state index in [1.54, 1.807) is 0 Å². The second kappa shape index (κ2) is 6.65. The van der Waals surface area contributed by atoms with Crippen LogP contribution in [0, 0.1) is 0 Å². The number of anilines is 1. The van der Waals surface area contributed by atoms with Gasteiger partial charge in [-0.15, -0.1) is 24.8 Å². The zero-order valence-corrected chi connectivity index (χ0v) is 12.4. The predicted molar refractivity (Wildman–Crippen MR) is 82.5 cm³/mol. The Kier molecular flexibility index (Phi) is 5.77. The monoisotopic (exact) mass is 288 g/mol. The molecule has 102 valence electrons. The second-order valence-electron chi connectivity index (χ2n) is 5.07. The molecule has 0 amide bonds. The molecule has 18 heavy (non-hydrogen) atoms. The number of halogens is 2. The van der Waals surface area contributed by atoms with Crippen LogP contribution in [0.4, 0.5) is 5.69 Å². The van der Waals surface area contributed by atoms with Crippen LogP contribution in [0.25, 0.3) is 0 Å². The molecule has 0 aliphatic carbocycles. The van der Waals surface area contributed by atoms with Crippen molar-refractivity contribution in [2.75, 3.05) is 18.0 Å².